The van der Waals surface area contributed by atoms with Gasteiger partial charge >= 0.3 is 118 Å². The van der Waals surface area contributed by atoms with Gasteiger partial charge in [-0.2, -0.15) is 20.5 Å². The Hall–Kier alpha value is -3.30. The van der Waals surface area contributed by atoms with Crippen LogP contribution in [0.3, 0.4) is 0 Å². The fourth-order valence-corrected chi connectivity index (χ4v) is 7.59. The quantitative estimate of drug-likeness (QED) is 0.0252. The maximum absolute atomic E-state index is 12.8. The topological polar surface area (TPSA) is 355 Å². The molecule has 0 amide bonds. The smallest absolute Gasteiger partial charge is 0.744 e. The summed E-state index contributed by atoms with van der Waals surface area (Å²) in [5, 5.41) is 48.6. The van der Waals surface area contributed by atoms with Gasteiger partial charge < -0.3 is 28.6 Å². The summed E-state index contributed by atoms with van der Waals surface area (Å²) in [5.41, 5.74) is -0.0622. The van der Waals surface area contributed by atoms with Crippen LogP contribution in [0.25, 0.3) is 12.2 Å². The molecule has 0 aliphatic rings. The van der Waals surface area contributed by atoms with Gasteiger partial charge in [-0.25, -0.2) is 33.7 Å². The fourth-order valence-electron chi connectivity index (χ4n) is 5.27. The number of nitrogens with zero attached hydrogens (tertiary/aromatic N) is 8. The molecule has 0 unspecified atom stereocenters. The Labute approximate surface area is 477 Å². The minimum absolute atomic E-state index is 0. The summed E-state index contributed by atoms with van der Waals surface area (Å²) in [4.78, 5) is -2.25. The molecule has 0 atom stereocenters. The van der Waals surface area contributed by atoms with Crippen molar-refractivity contribution in [2.75, 3.05) is 0 Å². The molecule has 22 nitrogen and oxygen atoms in total. The molecule has 0 saturated carbocycles. The SMILES string of the molecule is O=S(=O)([O-])c1ccc(N=Nc2ccc([N+]([O-])=Nc3ccc(/C=C/c4ccc(N=Nc5ccc(N=[N+]([O-])c6ccc(S(=O)(=O)[O-])cc6)cc5)cc4S(=O)(=O)[O-])c(S(=O)(=O)[O-])c3)cc2)cc1.[Na+].[Na+].[Na+].[Na+]. The van der Waals surface area contributed by atoms with Gasteiger partial charge in [0.05, 0.1) is 42.3 Å². The van der Waals surface area contributed by atoms with E-state index in [-0.39, 0.29) is 185 Å². The Bertz CT molecular complexity index is 3390. The van der Waals surface area contributed by atoms with E-state index in [0.717, 1.165) is 66.7 Å². The molecule has 0 heterocycles. The van der Waals surface area contributed by atoms with Crippen LogP contribution in [-0.4, -0.2) is 61.6 Å². The van der Waals surface area contributed by atoms with Gasteiger partial charge in [-0.1, -0.05) is 34.0 Å². The van der Waals surface area contributed by atoms with E-state index >= 15 is 0 Å². The summed E-state index contributed by atoms with van der Waals surface area (Å²) in [6.07, 6.45) is 2.13. The monoisotopic (exact) mass is 1040 g/mol. The van der Waals surface area contributed by atoms with Crippen LogP contribution in [0, 0.1) is 10.4 Å². The van der Waals surface area contributed by atoms with Gasteiger partial charge in [0, 0.05) is 34.5 Å². The Morgan fingerprint density at radius 1 is 0.353 bits per heavy atom. The van der Waals surface area contributed by atoms with Crippen molar-refractivity contribution in [1.82, 2.24) is 0 Å². The van der Waals surface area contributed by atoms with Gasteiger partial charge in [-0.05, 0) is 108 Å². The largest absolute Gasteiger partial charge is 1.00 e. The molecule has 0 bridgehead atoms. The fraction of sp³-hybridized carbons (Fsp3) is 0. The second-order valence-electron chi connectivity index (χ2n) is 12.8. The Morgan fingerprint density at radius 2 is 0.632 bits per heavy atom. The summed E-state index contributed by atoms with van der Waals surface area (Å²) in [6.45, 7) is 0. The van der Waals surface area contributed by atoms with Crippen molar-refractivity contribution >= 4 is 98.1 Å². The van der Waals surface area contributed by atoms with Gasteiger partial charge in [-0.3, -0.25) is 0 Å². The molecule has 68 heavy (non-hydrogen) atoms. The first-order valence-corrected chi connectivity index (χ1v) is 23.1. The van der Waals surface area contributed by atoms with E-state index in [1.807, 2.05) is 0 Å². The van der Waals surface area contributed by atoms with Crippen molar-refractivity contribution in [1.29, 1.82) is 0 Å². The van der Waals surface area contributed by atoms with Crippen LogP contribution >= 0.6 is 0 Å². The summed E-state index contributed by atoms with van der Waals surface area (Å²) in [5.74, 6) is 0. The maximum atomic E-state index is 12.8. The van der Waals surface area contributed by atoms with E-state index in [0.29, 0.717) is 0 Å². The molecule has 0 radical (unpaired) electrons. The third kappa shape index (κ3) is 17.2. The molecule has 0 saturated heterocycles. The molecule has 6 aromatic carbocycles. The number of hydrogen-bond acceptors (Lipinski definition) is 20. The molecule has 0 N–H and O–H groups in total. The Morgan fingerprint density at radius 3 is 1.03 bits per heavy atom. The van der Waals surface area contributed by atoms with Crippen LogP contribution in [0.4, 0.5) is 45.5 Å². The molecule has 0 aromatic heterocycles. The average molecular weight is 1040 g/mol. The van der Waals surface area contributed by atoms with Gasteiger partial charge in [0.15, 0.2) is 0 Å². The standard InChI is InChI=1S/C38H28N8O14S4.4Na/c47-45(34-17-21-36(22-18-34)62(52,53)54)43-30-9-7-27(8-10-30)41-42-31-5-3-25(37(23-31)63(55,56)57)1-2-26-4-6-32(24-38(26)64(58,59)60)44-46(48)33-15-11-28(12-16-33)39-40-29-13-19-35(20-14-29)61(49,50)51;;;;/h1-24H,(H,49,50,51)(H,52,53,54)(H,55,56,57)(H,58,59,60);;;;/q;4*+1/p-4/b2-1+,40-39?,42-41?,45-43?,46-44?;;;;. The molecular formula is C38H24N8Na4O14S4. The van der Waals surface area contributed by atoms with Gasteiger partial charge in [0.25, 0.3) is 0 Å². The number of azo groups is 4. The first-order chi connectivity index (χ1) is 30.0. The zero-order valence-electron chi connectivity index (χ0n) is 35.8. The first kappa shape index (κ1) is 60.8. The third-order valence-electron chi connectivity index (χ3n) is 8.34. The van der Waals surface area contributed by atoms with Crippen molar-refractivity contribution in [3.05, 3.63) is 155 Å². The maximum Gasteiger partial charge on any atom is 1.00 e. The van der Waals surface area contributed by atoms with Crippen molar-refractivity contribution in [2.24, 2.45) is 30.7 Å². The van der Waals surface area contributed by atoms with Crippen LogP contribution in [0.15, 0.2) is 184 Å². The minimum atomic E-state index is -5.22. The van der Waals surface area contributed by atoms with E-state index in [1.54, 1.807) is 0 Å². The van der Waals surface area contributed by atoms with Crippen LogP contribution < -0.4 is 118 Å². The number of rotatable bonds is 14. The minimum Gasteiger partial charge on any atom is -0.744 e. The molecule has 6 aromatic rings. The van der Waals surface area contributed by atoms with Gasteiger partial charge in [-0.15, -0.1) is 0 Å². The van der Waals surface area contributed by atoms with Crippen molar-refractivity contribution < 1.29 is 180 Å². The van der Waals surface area contributed by atoms with E-state index in [2.05, 4.69) is 30.7 Å². The van der Waals surface area contributed by atoms with E-state index < -0.39 is 60.1 Å². The zero-order chi connectivity index (χ0) is 46.5. The number of benzene rings is 6. The third-order valence-corrected chi connectivity index (χ3v) is 11.8. The van der Waals surface area contributed by atoms with E-state index in [1.165, 1.54) is 78.9 Å². The van der Waals surface area contributed by atoms with Crippen molar-refractivity contribution in [3.8, 4) is 0 Å². The second-order valence-corrected chi connectivity index (χ2v) is 18.2. The van der Waals surface area contributed by atoms with Crippen molar-refractivity contribution in [2.45, 2.75) is 19.6 Å². The van der Waals surface area contributed by atoms with Crippen molar-refractivity contribution in [3.63, 3.8) is 0 Å². The average Bonchev–Trinajstić information content (AvgIpc) is 3.24. The van der Waals surface area contributed by atoms with Gasteiger partial charge in [0.2, 0.25) is 11.4 Å². The molecule has 0 aliphatic carbocycles. The molecule has 30 heteroatoms. The summed E-state index contributed by atoms with van der Waals surface area (Å²) >= 11 is 0. The number of hydrogen-bond donors (Lipinski definition) is 0. The van der Waals surface area contributed by atoms with Crippen LogP contribution in [0.1, 0.15) is 11.1 Å². The predicted molar refractivity (Wildman–Crippen MR) is 219 cm³/mol. The molecule has 328 valence electrons. The summed E-state index contributed by atoms with van der Waals surface area (Å²) < 4.78 is 140. The summed E-state index contributed by atoms with van der Waals surface area (Å²) in [7, 11) is -19.7. The summed E-state index contributed by atoms with van der Waals surface area (Å²) in [6, 6.07) is 26.2. The second kappa shape index (κ2) is 25.7. The normalized spacial score (nSPS) is 12.5. The molecule has 0 spiro atoms. The first-order valence-electron chi connectivity index (χ1n) is 17.4. The van der Waals surface area contributed by atoms with Crippen LogP contribution in [-0.2, 0) is 40.5 Å². The predicted octanol–water partition coefficient (Wildman–Crippen LogP) is -3.83. The van der Waals surface area contributed by atoms with Crippen LogP contribution in [0.5, 0.6) is 0 Å². The molecule has 0 fully saturated rings. The molecule has 6 rings (SSSR count). The molecule has 0 aliphatic heterocycles. The zero-order valence-corrected chi connectivity index (χ0v) is 47.0. The Balaban J connectivity index is 0.00000397. The van der Waals surface area contributed by atoms with E-state index in [4.69, 9.17) is 0 Å². The molecular weight excluding hydrogens is 1010 g/mol. The van der Waals surface area contributed by atoms with Crippen LogP contribution in [0.2, 0.25) is 0 Å². The van der Waals surface area contributed by atoms with E-state index in [9.17, 15) is 62.3 Å². The van der Waals surface area contributed by atoms with Gasteiger partial charge in [0.1, 0.15) is 51.8 Å². The Kier molecular flexibility index (Phi) is 23.0.